The van der Waals surface area contributed by atoms with Crippen molar-refractivity contribution in [3.63, 3.8) is 0 Å². The summed E-state index contributed by atoms with van der Waals surface area (Å²) >= 11 is 0. The van der Waals surface area contributed by atoms with E-state index in [1.807, 2.05) is 54.7 Å². The molecular formula is C52H89NO5. The van der Waals surface area contributed by atoms with Crippen molar-refractivity contribution < 1.29 is 24.5 Å². The molecule has 0 fully saturated rings. The number of allylic oxidation sites excluding steroid dienone is 14. The monoisotopic (exact) mass is 808 g/mol. The van der Waals surface area contributed by atoms with Crippen LogP contribution in [0.1, 0.15) is 207 Å². The molecule has 0 heterocycles. The average Bonchev–Trinajstić information content (AvgIpc) is 3.22. The lowest BCUT2D eigenvalue weighted by atomic mass is 10.0. The molecule has 0 bridgehead atoms. The first-order valence-electron chi connectivity index (χ1n) is 23.9. The third kappa shape index (κ3) is 39.8. The van der Waals surface area contributed by atoms with E-state index in [1.165, 1.54) is 89.9 Å². The number of rotatable bonds is 41. The molecular weight excluding hydrogens is 719 g/mol. The van der Waals surface area contributed by atoms with Crippen LogP contribution in [0.4, 0.5) is 0 Å². The lowest BCUT2D eigenvalue weighted by Crippen LogP contribution is -2.46. The summed E-state index contributed by atoms with van der Waals surface area (Å²) in [6, 6.07) is -0.721. The zero-order valence-electron chi connectivity index (χ0n) is 37.6. The van der Waals surface area contributed by atoms with Crippen molar-refractivity contribution in [1.29, 1.82) is 0 Å². The number of hydrogen-bond donors (Lipinski definition) is 3. The Balaban J connectivity index is 4.73. The average molecular weight is 808 g/mol. The highest BCUT2D eigenvalue weighted by molar-refractivity contribution is 5.77. The van der Waals surface area contributed by atoms with E-state index in [-0.39, 0.29) is 24.9 Å². The fourth-order valence-electron chi connectivity index (χ4n) is 6.72. The molecule has 0 aliphatic rings. The zero-order chi connectivity index (χ0) is 42.4. The van der Waals surface area contributed by atoms with Crippen LogP contribution in [0.3, 0.4) is 0 Å². The lowest BCUT2D eigenvalue weighted by Gasteiger charge is -2.24. The predicted octanol–water partition coefficient (Wildman–Crippen LogP) is 14.0. The summed E-state index contributed by atoms with van der Waals surface area (Å²) in [5.74, 6) is -0.577. The second kappa shape index (κ2) is 45.1. The van der Waals surface area contributed by atoms with Crippen LogP contribution in [0.2, 0.25) is 0 Å². The summed E-state index contributed by atoms with van der Waals surface area (Å²) in [4.78, 5) is 26.0. The van der Waals surface area contributed by atoms with E-state index in [9.17, 15) is 19.8 Å². The largest absolute Gasteiger partial charge is 0.462 e. The standard InChI is InChI=1S/C52H89NO5/c1-4-7-10-13-16-19-21-23-24-25-26-28-29-32-34-37-40-43-48(58-52(57)45-42-39-36-33-30-27-22-20-17-14-11-8-5-2)46-51(56)53-49(47-54)50(55)44-41-38-35-31-18-15-12-9-6-3/h8,11,14,16-17,19-20,22-24,27,30,33,36,48-50,54-55H,4-7,9-10,12-13,15,18,21,25-26,28-29,31-32,34-35,37-47H2,1-3H3,(H,53,56)/b11-8+,17-14+,19-16-,22-20-,24-23-,30-27-,36-33+. The number of unbranched alkanes of at least 4 members (excludes halogenated alkanes) is 19. The number of aliphatic hydroxyl groups excluding tert-OH is 2. The molecule has 0 aliphatic heterocycles. The van der Waals surface area contributed by atoms with E-state index in [4.69, 9.17) is 4.74 Å². The summed E-state index contributed by atoms with van der Waals surface area (Å²) in [5, 5.41) is 23.6. The molecule has 0 aromatic heterocycles. The Hall–Kier alpha value is -2.96. The highest BCUT2D eigenvalue weighted by Crippen LogP contribution is 2.17. The fourth-order valence-corrected chi connectivity index (χ4v) is 6.72. The minimum Gasteiger partial charge on any atom is -0.462 e. The first kappa shape index (κ1) is 55.0. The van der Waals surface area contributed by atoms with Gasteiger partial charge in [-0.25, -0.2) is 0 Å². The van der Waals surface area contributed by atoms with Crippen molar-refractivity contribution in [2.75, 3.05) is 6.61 Å². The van der Waals surface area contributed by atoms with Gasteiger partial charge in [-0.2, -0.15) is 0 Å². The van der Waals surface area contributed by atoms with Crippen LogP contribution < -0.4 is 5.32 Å². The first-order valence-corrected chi connectivity index (χ1v) is 23.9. The molecule has 0 saturated heterocycles. The summed E-state index contributed by atoms with van der Waals surface area (Å²) in [6.45, 7) is 6.26. The van der Waals surface area contributed by atoms with Gasteiger partial charge in [-0.15, -0.1) is 0 Å². The normalized spacial score (nSPS) is 14.1. The van der Waals surface area contributed by atoms with Gasteiger partial charge in [0.15, 0.2) is 0 Å². The molecule has 6 heteroatoms. The number of aliphatic hydroxyl groups is 2. The Morgan fingerprint density at radius 1 is 0.534 bits per heavy atom. The molecule has 3 atom stereocenters. The topological polar surface area (TPSA) is 95.9 Å². The molecule has 0 aromatic carbocycles. The number of ether oxygens (including phenoxy) is 1. The second-order valence-electron chi connectivity index (χ2n) is 15.9. The molecule has 3 N–H and O–H groups in total. The van der Waals surface area contributed by atoms with Gasteiger partial charge in [0.1, 0.15) is 6.10 Å². The molecule has 0 radical (unpaired) electrons. The molecule has 3 unspecified atom stereocenters. The number of amides is 1. The van der Waals surface area contributed by atoms with Crippen LogP contribution in [0.15, 0.2) is 85.1 Å². The number of nitrogens with one attached hydrogen (secondary N) is 1. The van der Waals surface area contributed by atoms with Gasteiger partial charge in [-0.05, 0) is 70.6 Å². The minimum absolute atomic E-state index is 0.0391. The van der Waals surface area contributed by atoms with Crippen LogP contribution in [0.25, 0.3) is 0 Å². The Morgan fingerprint density at radius 2 is 1.00 bits per heavy atom. The van der Waals surface area contributed by atoms with Gasteiger partial charge in [0.05, 0.1) is 25.2 Å². The third-order valence-corrected chi connectivity index (χ3v) is 10.3. The smallest absolute Gasteiger partial charge is 0.306 e. The summed E-state index contributed by atoms with van der Waals surface area (Å²) in [5.41, 5.74) is 0. The molecule has 332 valence electrons. The maximum atomic E-state index is 13.1. The Kier molecular flexibility index (Phi) is 42.8. The Bertz CT molecular complexity index is 1130. The van der Waals surface area contributed by atoms with Gasteiger partial charge in [-0.1, -0.05) is 209 Å². The maximum Gasteiger partial charge on any atom is 0.306 e. The quantitative estimate of drug-likeness (QED) is 0.0247. The van der Waals surface area contributed by atoms with Gasteiger partial charge in [0.25, 0.3) is 0 Å². The third-order valence-electron chi connectivity index (χ3n) is 10.3. The SMILES string of the molecule is CC/C=C/C=C/C=C\C=C/C=C/CCCC(=O)OC(CCCCCCCCC/C=C\C/C=C\CCCCC)CC(=O)NC(CO)C(O)CCCCCCCCCCC. The summed E-state index contributed by atoms with van der Waals surface area (Å²) < 4.78 is 5.87. The molecule has 0 rings (SSSR count). The van der Waals surface area contributed by atoms with Crippen molar-refractivity contribution >= 4 is 11.9 Å². The molecule has 0 aromatic rings. The van der Waals surface area contributed by atoms with Crippen LogP contribution in [-0.4, -0.2) is 46.9 Å². The lowest BCUT2D eigenvalue weighted by molar-refractivity contribution is -0.151. The summed E-state index contributed by atoms with van der Waals surface area (Å²) in [6.07, 6.45) is 57.9. The van der Waals surface area contributed by atoms with Crippen molar-refractivity contribution in [1.82, 2.24) is 5.32 Å². The number of hydrogen-bond acceptors (Lipinski definition) is 5. The van der Waals surface area contributed by atoms with E-state index in [0.29, 0.717) is 25.7 Å². The fraction of sp³-hybridized carbons (Fsp3) is 0.692. The number of esters is 1. The molecule has 1 amide bonds. The first-order chi connectivity index (χ1) is 28.5. The van der Waals surface area contributed by atoms with E-state index in [1.54, 1.807) is 0 Å². The predicted molar refractivity (Wildman–Crippen MR) is 250 cm³/mol. The van der Waals surface area contributed by atoms with Crippen LogP contribution in [0, 0.1) is 0 Å². The highest BCUT2D eigenvalue weighted by atomic mass is 16.5. The van der Waals surface area contributed by atoms with Crippen molar-refractivity contribution in [3.8, 4) is 0 Å². The van der Waals surface area contributed by atoms with Crippen LogP contribution in [0.5, 0.6) is 0 Å². The second-order valence-corrected chi connectivity index (χ2v) is 15.9. The van der Waals surface area contributed by atoms with E-state index in [2.05, 4.69) is 56.5 Å². The van der Waals surface area contributed by atoms with Crippen LogP contribution >= 0.6 is 0 Å². The van der Waals surface area contributed by atoms with Gasteiger partial charge in [0.2, 0.25) is 5.91 Å². The van der Waals surface area contributed by atoms with Gasteiger partial charge >= 0.3 is 5.97 Å². The van der Waals surface area contributed by atoms with Gasteiger partial charge in [-0.3, -0.25) is 9.59 Å². The Morgan fingerprint density at radius 3 is 1.57 bits per heavy atom. The van der Waals surface area contributed by atoms with Crippen LogP contribution in [-0.2, 0) is 14.3 Å². The van der Waals surface area contributed by atoms with Crippen molar-refractivity contribution in [2.45, 2.75) is 225 Å². The van der Waals surface area contributed by atoms with Gasteiger partial charge < -0.3 is 20.3 Å². The molecule has 0 saturated carbocycles. The van der Waals surface area contributed by atoms with Crippen molar-refractivity contribution in [2.24, 2.45) is 0 Å². The molecule has 6 nitrogen and oxygen atoms in total. The van der Waals surface area contributed by atoms with Crippen molar-refractivity contribution in [3.05, 3.63) is 85.1 Å². The zero-order valence-corrected chi connectivity index (χ0v) is 37.6. The molecule has 0 aliphatic carbocycles. The van der Waals surface area contributed by atoms with E-state index >= 15 is 0 Å². The highest BCUT2D eigenvalue weighted by Gasteiger charge is 2.24. The van der Waals surface area contributed by atoms with Gasteiger partial charge in [0, 0.05) is 6.42 Å². The number of carbonyl (C=O) groups is 2. The minimum atomic E-state index is -0.804. The maximum absolute atomic E-state index is 13.1. The summed E-state index contributed by atoms with van der Waals surface area (Å²) in [7, 11) is 0. The van der Waals surface area contributed by atoms with E-state index < -0.39 is 18.2 Å². The molecule has 58 heavy (non-hydrogen) atoms. The Labute approximate surface area is 357 Å². The number of carbonyl (C=O) groups excluding carboxylic acids is 2. The molecule has 0 spiro atoms. The van der Waals surface area contributed by atoms with E-state index in [0.717, 1.165) is 64.2 Å².